The molecule has 0 aliphatic carbocycles. The summed E-state index contributed by atoms with van der Waals surface area (Å²) < 4.78 is 16.6. The maximum absolute atomic E-state index is 13.4. The van der Waals surface area contributed by atoms with Gasteiger partial charge in [-0.05, 0) is 28.7 Å². The van der Waals surface area contributed by atoms with Crippen LogP contribution in [0.15, 0.2) is 95.9 Å². The van der Waals surface area contributed by atoms with E-state index in [2.05, 4.69) is 0 Å². The van der Waals surface area contributed by atoms with Crippen LogP contribution in [-0.4, -0.2) is 53.8 Å². The lowest BCUT2D eigenvalue weighted by Crippen LogP contribution is -2.75. The summed E-state index contributed by atoms with van der Waals surface area (Å²) in [6, 6.07) is 26.1. The molecule has 1 heterocycles. The van der Waals surface area contributed by atoms with Crippen molar-refractivity contribution in [3.63, 3.8) is 0 Å². The third kappa shape index (κ3) is 6.88. The Balaban J connectivity index is 1.57. The maximum Gasteiger partial charge on any atom is 0.341 e. The van der Waals surface area contributed by atoms with E-state index < -0.39 is 41.4 Å². The number of likely N-dealkylation sites (tertiary alicyclic amines) is 1. The number of nitrogens with zero attached hydrogens (tertiary/aromatic N) is 1. The normalized spacial score (nSPS) is 17.0. The van der Waals surface area contributed by atoms with Crippen LogP contribution in [0.2, 0.25) is 0 Å². The van der Waals surface area contributed by atoms with E-state index in [0.717, 1.165) is 16.0 Å². The molecule has 4 rings (SSSR count). The molecule has 1 aliphatic heterocycles. The topological polar surface area (TPSA) is 82.1 Å². The molecule has 0 spiro atoms. The first-order chi connectivity index (χ1) is 18.8. The monoisotopic (exact) mass is 547 g/mol. The van der Waals surface area contributed by atoms with Crippen molar-refractivity contribution in [3.05, 3.63) is 102 Å². The Labute approximate surface area is 233 Å². The summed E-state index contributed by atoms with van der Waals surface area (Å²) in [6.45, 7) is 3.94. The molecule has 3 aromatic carbocycles. The van der Waals surface area contributed by atoms with Gasteiger partial charge in [-0.15, -0.1) is 11.8 Å². The van der Waals surface area contributed by atoms with Crippen molar-refractivity contribution in [2.24, 2.45) is 5.41 Å². The van der Waals surface area contributed by atoms with Gasteiger partial charge in [0.2, 0.25) is 6.04 Å². The Morgan fingerprint density at radius 1 is 0.821 bits per heavy atom. The van der Waals surface area contributed by atoms with Gasteiger partial charge in [-0.2, -0.15) is 0 Å². The minimum Gasteiger partial charge on any atom is -0.459 e. The molecule has 1 aliphatic rings. The Hall–Kier alpha value is -3.62. The first-order valence-corrected chi connectivity index (χ1v) is 13.7. The van der Waals surface area contributed by atoms with Gasteiger partial charge in [0.1, 0.15) is 13.2 Å². The number of methoxy groups -OCH3 is 1. The van der Waals surface area contributed by atoms with Crippen LogP contribution in [0.3, 0.4) is 0 Å². The molecular formula is C31H33NO6S. The summed E-state index contributed by atoms with van der Waals surface area (Å²) in [5, 5.41) is 0. The van der Waals surface area contributed by atoms with E-state index in [0.29, 0.717) is 5.75 Å². The Bertz CT molecular complexity index is 1200. The molecular weight excluding hydrogens is 514 g/mol. The van der Waals surface area contributed by atoms with Gasteiger partial charge >= 0.3 is 11.9 Å². The van der Waals surface area contributed by atoms with Gasteiger partial charge < -0.3 is 19.1 Å². The number of hydrogen-bond acceptors (Lipinski definition) is 7. The molecule has 7 nitrogen and oxygen atoms in total. The smallest absolute Gasteiger partial charge is 0.341 e. The van der Waals surface area contributed by atoms with E-state index in [1.54, 1.807) is 11.8 Å². The largest absolute Gasteiger partial charge is 0.459 e. The van der Waals surface area contributed by atoms with Gasteiger partial charge in [0.25, 0.3) is 5.91 Å². The van der Waals surface area contributed by atoms with Crippen LogP contribution >= 0.6 is 11.8 Å². The van der Waals surface area contributed by atoms with Crippen LogP contribution in [0.4, 0.5) is 0 Å². The molecule has 2 atom stereocenters. The Kier molecular flexibility index (Phi) is 9.43. The van der Waals surface area contributed by atoms with Crippen LogP contribution < -0.4 is 0 Å². The number of ether oxygens (including phenoxy) is 3. The Morgan fingerprint density at radius 3 is 1.74 bits per heavy atom. The third-order valence-corrected chi connectivity index (χ3v) is 8.16. The summed E-state index contributed by atoms with van der Waals surface area (Å²) >= 11 is 1.64. The van der Waals surface area contributed by atoms with E-state index >= 15 is 0 Å². The van der Waals surface area contributed by atoms with E-state index in [4.69, 9.17) is 14.2 Å². The Morgan fingerprint density at radius 2 is 1.28 bits per heavy atom. The molecule has 0 unspecified atom stereocenters. The van der Waals surface area contributed by atoms with Crippen molar-refractivity contribution in [1.82, 2.24) is 4.90 Å². The predicted octanol–water partition coefficient (Wildman–Crippen LogP) is 4.89. The van der Waals surface area contributed by atoms with E-state index in [9.17, 15) is 14.4 Å². The van der Waals surface area contributed by atoms with Crippen molar-refractivity contribution in [1.29, 1.82) is 0 Å². The van der Waals surface area contributed by atoms with Gasteiger partial charge in [0.05, 0.1) is 6.04 Å². The number of β-lactam (4-membered cyclic amide) rings is 1. The standard InChI is InChI=1S/C31H33NO6S/c1-31(2,21-39-24-17-11-6-12-18-24)27-26(36-3)28(33)32(27)25(29(34)37-19-22-13-7-4-8-14-22)30(35)38-20-23-15-9-5-10-16-23/h4-18,25-27H,19-21H2,1-3H3/t26-,27-/m0/s1. The zero-order chi connectivity index (χ0) is 27.8. The quantitative estimate of drug-likeness (QED) is 0.138. The SMILES string of the molecule is CO[C@@H]1C(=O)N(C(C(=O)OCc2ccccc2)C(=O)OCc2ccccc2)[C@@H]1C(C)(C)CSc1ccccc1. The average Bonchev–Trinajstić information content (AvgIpc) is 2.96. The molecule has 1 amide bonds. The van der Waals surface area contributed by atoms with Crippen LogP contribution in [0.1, 0.15) is 25.0 Å². The number of rotatable bonds is 12. The molecule has 8 heteroatoms. The molecule has 0 saturated carbocycles. The lowest BCUT2D eigenvalue weighted by Gasteiger charge is -2.54. The number of carbonyl (C=O) groups excluding carboxylic acids is 3. The van der Waals surface area contributed by atoms with Gasteiger partial charge in [0, 0.05) is 17.8 Å². The van der Waals surface area contributed by atoms with Gasteiger partial charge in [-0.1, -0.05) is 92.7 Å². The highest BCUT2D eigenvalue weighted by Gasteiger charge is 2.60. The second-order valence-electron chi connectivity index (χ2n) is 10.0. The first kappa shape index (κ1) is 28.4. The zero-order valence-corrected chi connectivity index (χ0v) is 23.1. The number of carbonyl (C=O) groups is 3. The van der Waals surface area contributed by atoms with Crippen LogP contribution in [0.25, 0.3) is 0 Å². The summed E-state index contributed by atoms with van der Waals surface area (Å²) in [5.74, 6) is -1.50. The van der Waals surface area contributed by atoms with Crippen LogP contribution in [0, 0.1) is 5.41 Å². The fourth-order valence-corrected chi connectivity index (χ4v) is 5.66. The number of amides is 1. The second-order valence-corrected chi connectivity index (χ2v) is 11.1. The molecule has 39 heavy (non-hydrogen) atoms. The highest BCUT2D eigenvalue weighted by Crippen LogP contribution is 2.42. The fourth-order valence-electron chi connectivity index (χ4n) is 4.60. The molecule has 0 N–H and O–H groups in total. The molecule has 0 radical (unpaired) electrons. The van der Waals surface area contributed by atoms with Crippen LogP contribution in [0.5, 0.6) is 0 Å². The number of hydrogen-bond donors (Lipinski definition) is 0. The summed E-state index contributed by atoms with van der Waals surface area (Å²) in [5.41, 5.74) is 1.01. The molecule has 1 fully saturated rings. The number of benzene rings is 3. The van der Waals surface area contributed by atoms with Gasteiger partial charge in [0.15, 0.2) is 6.10 Å². The molecule has 3 aromatic rings. The lowest BCUT2D eigenvalue weighted by atomic mass is 9.75. The first-order valence-electron chi connectivity index (χ1n) is 12.8. The third-order valence-electron chi connectivity index (χ3n) is 6.67. The van der Waals surface area contributed by atoms with Crippen molar-refractivity contribution in [2.75, 3.05) is 12.9 Å². The minimum absolute atomic E-state index is 0.0320. The van der Waals surface area contributed by atoms with E-state index in [1.807, 2.05) is 105 Å². The molecule has 1 saturated heterocycles. The van der Waals surface area contributed by atoms with Crippen LogP contribution in [-0.2, 0) is 41.8 Å². The number of thioether (sulfide) groups is 1. The molecule has 0 bridgehead atoms. The fraction of sp³-hybridized carbons (Fsp3) is 0.323. The maximum atomic E-state index is 13.4. The lowest BCUT2D eigenvalue weighted by molar-refractivity contribution is -0.199. The summed E-state index contributed by atoms with van der Waals surface area (Å²) in [7, 11) is 1.46. The second kappa shape index (κ2) is 13.0. The van der Waals surface area contributed by atoms with Crippen molar-refractivity contribution >= 4 is 29.6 Å². The van der Waals surface area contributed by atoms with Crippen molar-refractivity contribution in [2.45, 2.75) is 50.1 Å². The van der Waals surface area contributed by atoms with Gasteiger partial charge in [-0.25, -0.2) is 9.59 Å². The summed E-state index contributed by atoms with van der Waals surface area (Å²) in [6.07, 6.45) is -0.789. The van der Waals surface area contributed by atoms with Crippen molar-refractivity contribution < 1.29 is 28.6 Å². The zero-order valence-electron chi connectivity index (χ0n) is 22.3. The highest BCUT2D eigenvalue weighted by atomic mass is 32.2. The minimum atomic E-state index is -1.55. The predicted molar refractivity (Wildman–Crippen MR) is 149 cm³/mol. The molecule has 204 valence electrons. The van der Waals surface area contributed by atoms with E-state index in [-0.39, 0.29) is 13.2 Å². The summed E-state index contributed by atoms with van der Waals surface area (Å²) in [4.78, 5) is 42.5. The molecule has 0 aromatic heterocycles. The van der Waals surface area contributed by atoms with E-state index in [1.165, 1.54) is 12.0 Å². The highest BCUT2D eigenvalue weighted by molar-refractivity contribution is 7.99. The van der Waals surface area contributed by atoms with Crippen molar-refractivity contribution in [3.8, 4) is 0 Å². The van der Waals surface area contributed by atoms with Gasteiger partial charge in [-0.3, -0.25) is 4.79 Å². The number of esters is 2. The average molecular weight is 548 g/mol.